The van der Waals surface area contributed by atoms with Crippen LogP contribution >= 0.6 is 0 Å². The number of piperidine rings is 1. The molecule has 11 heteroatoms. The van der Waals surface area contributed by atoms with Gasteiger partial charge in [0.15, 0.2) is 0 Å². The summed E-state index contributed by atoms with van der Waals surface area (Å²) in [6, 6.07) is 13.8. The molecule has 1 N–H and O–H groups in total. The maximum Gasteiger partial charge on any atom is 0.416 e. The molecule has 39 heavy (non-hydrogen) atoms. The standard InChI is InChI=1S/C28H28F3N5O3/c29-28(30,31)21-3-1-19(2-4-21)15-26(37)35-13-10-25(11-14-35)39-24-7-5-22(6-8-24)36(23-9-12-33-34-18-23)27(38)20-16-32-17-20/h1-9,12,18,20,25,32H,10-11,13-17H2. The molecule has 0 saturated carbocycles. The van der Waals surface area contributed by atoms with E-state index in [2.05, 4.69) is 15.5 Å². The molecule has 2 amide bonds. The Balaban J connectivity index is 1.15. The number of carbonyl (C=O) groups excluding carboxylic acids is 2. The van der Waals surface area contributed by atoms with E-state index in [9.17, 15) is 22.8 Å². The Kier molecular flexibility index (Phi) is 7.78. The van der Waals surface area contributed by atoms with Crippen LogP contribution in [0.2, 0.25) is 0 Å². The van der Waals surface area contributed by atoms with Gasteiger partial charge >= 0.3 is 6.18 Å². The molecule has 2 aliphatic heterocycles. The summed E-state index contributed by atoms with van der Waals surface area (Å²) in [4.78, 5) is 29.2. The number of benzene rings is 2. The Hall–Kier alpha value is -3.99. The number of amides is 2. The lowest BCUT2D eigenvalue weighted by Crippen LogP contribution is -2.51. The third kappa shape index (κ3) is 6.36. The number of hydrogen-bond acceptors (Lipinski definition) is 6. The Bertz CT molecular complexity index is 1270. The van der Waals surface area contributed by atoms with E-state index < -0.39 is 11.7 Å². The van der Waals surface area contributed by atoms with Gasteiger partial charge in [-0.05, 0) is 48.0 Å². The molecule has 2 saturated heterocycles. The first kappa shape index (κ1) is 26.6. The van der Waals surface area contributed by atoms with Crippen molar-refractivity contribution in [3.05, 3.63) is 78.1 Å². The minimum atomic E-state index is -4.40. The van der Waals surface area contributed by atoms with E-state index in [1.165, 1.54) is 12.1 Å². The largest absolute Gasteiger partial charge is 0.490 e. The summed E-state index contributed by atoms with van der Waals surface area (Å²) in [7, 11) is 0. The van der Waals surface area contributed by atoms with Crippen molar-refractivity contribution in [3.63, 3.8) is 0 Å². The molecule has 3 aromatic rings. The van der Waals surface area contributed by atoms with Crippen LogP contribution in [0.3, 0.4) is 0 Å². The van der Waals surface area contributed by atoms with Gasteiger partial charge < -0.3 is 15.0 Å². The fourth-order valence-corrected chi connectivity index (χ4v) is 4.65. The molecule has 204 valence electrons. The van der Waals surface area contributed by atoms with E-state index in [1.54, 1.807) is 28.3 Å². The molecule has 2 aliphatic rings. The van der Waals surface area contributed by atoms with Crippen molar-refractivity contribution in [2.75, 3.05) is 31.1 Å². The number of likely N-dealkylation sites (tertiary alicyclic amines) is 1. The van der Waals surface area contributed by atoms with Crippen LogP contribution in [0.4, 0.5) is 24.5 Å². The average molecular weight is 540 g/mol. The van der Waals surface area contributed by atoms with Crippen LogP contribution in [-0.4, -0.2) is 59.2 Å². The van der Waals surface area contributed by atoms with Crippen molar-refractivity contribution in [2.45, 2.75) is 31.5 Å². The molecule has 0 radical (unpaired) electrons. The highest BCUT2D eigenvalue weighted by molar-refractivity contribution is 6.02. The summed E-state index contributed by atoms with van der Waals surface area (Å²) in [6.45, 7) is 2.30. The SMILES string of the molecule is O=C(Cc1ccc(C(F)(F)F)cc1)N1CCC(Oc2ccc(N(C(=O)C3CNC3)c3ccnnc3)cc2)CC1. The van der Waals surface area contributed by atoms with Crippen molar-refractivity contribution >= 4 is 23.2 Å². The lowest BCUT2D eigenvalue weighted by molar-refractivity contribution is -0.137. The lowest BCUT2D eigenvalue weighted by Gasteiger charge is -2.33. The number of anilines is 2. The van der Waals surface area contributed by atoms with Gasteiger partial charge in [-0.2, -0.15) is 23.4 Å². The van der Waals surface area contributed by atoms with Crippen LogP contribution in [0.15, 0.2) is 67.0 Å². The number of nitrogens with one attached hydrogen (secondary N) is 1. The number of carbonyl (C=O) groups is 2. The first-order valence-electron chi connectivity index (χ1n) is 12.8. The molecule has 0 atom stereocenters. The Labute approximate surface area is 223 Å². The predicted octanol–water partition coefficient (Wildman–Crippen LogP) is 3.99. The first-order valence-corrected chi connectivity index (χ1v) is 12.8. The third-order valence-corrected chi connectivity index (χ3v) is 7.01. The van der Waals surface area contributed by atoms with E-state index in [0.29, 0.717) is 61.7 Å². The zero-order valence-corrected chi connectivity index (χ0v) is 21.1. The smallest absolute Gasteiger partial charge is 0.416 e. The predicted molar refractivity (Wildman–Crippen MR) is 137 cm³/mol. The van der Waals surface area contributed by atoms with Crippen LogP contribution in [0.1, 0.15) is 24.0 Å². The lowest BCUT2D eigenvalue weighted by atomic mass is 10.0. The minimum Gasteiger partial charge on any atom is -0.490 e. The number of rotatable bonds is 7. The summed E-state index contributed by atoms with van der Waals surface area (Å²) in [6.07, 6.45) is -0.0239. The van der Waals surface area contributed by atoms with Crippen LogP contribution in [0.5, 0.6) is 5.75 Å². The van der Waals surface area contributed by atoms with Crippen molar-refractivity contribution in [1.29, 1.82) is 0 Å². The zero-order valence-electron chi connectivity index (χ0n) is 21.1. The second kappa shape index (κ2) is 11.4. The number of hydrogen-bond donors (Lipinski definition) is 1. The molecule has 0 aliphatic carbocycles. The quantitative estimate of drug-likeness (QED) is 0.489. The number of ether oxygens (including phenoxy) is 1. The zero-order chi connectivity index (χ0) is 27.4. The third-order valence-electron chi connectivity index (χ3n) is 7.01. The van der Waals surface area contributed by atoms with Gasteiger partial charge in [0, 0.05) is 44.7 Å². The van der Waals surface area contributed by atoms with Crippen molar-refractivity contribution < 1.29 is 27.5 Å². The monoisotopic (exact) mass is 539 g/mol. The van der Waals surface area contributed by atoms with E-state index in [0.717, 1.165) is 12.1 Å². The molecular formula is C28H28F3N5O3. The molecule has 1 aromatic heterocycles. The average Bonchev–Trinajstić information content (AvgIpc) is 2.90. The van der Waals surface area contributed by atoms with Crippen LogP contribution < -0.4 is 15.0 Å². The Morgan fingerprint density at radius 3 is 2.21 bits per heavy atom. The molecule has 0 spiro atoms. The van der Waals surface area contributed by atoms with Crippen molar-refractivity contribution in [2.24, 2.45) is 5.92 Å². The van der Waals surface area contributed by atoms with E-state index >= 15 is 0 Å². The molecule has 8 nitrogen and oxygen atoms in total. The molecule has 0 unspecified atom stereocenters. The molecular weight excluding hydrogens is 511 g/mol. The van der Waals surface area contributed by atoms with Crippen molar-refractivity contribution in [1.82, 2.24) is 20.4 Å². The first-order chi connectivity index (χ1) is 18.8. The van der Waals surface area contributed by atoms with Crippen molar-refractivity contribution in [3.8, 4) is 5.75 Å². The van der Waals surface area contributed by atoms with Gasteiger partial charge in [-0.15, -0.1) is 0 Å². The number of alkyl halides is 3. The molecule has 3 heterocycles. The number of aromatic nitrogens is 2. The normalized spacial score (nSPS) is 16.4. The maximum atomic E-state index is 13.1. The van der Waals surface area contributed by atoms with Gasteiger partial charge in [0.2, 0.25) is 11.8 Å². The highest BCUT2D eigenvalue weighted by Crippen LogP contribution is 2.31. The second-order valence-corrected chi connectivity index (χ2v) is 9.69. The van der Waals surface area contributed by atoms with Gasteiger partial charge in [-0.1, -0.05) is 12.1 Å². The van der Waals surface area contributed by atoms with E-state index in [1.807, 2.05) is 24.3 Å². The minimum absolute atomic E-state index is 0.0104. The van der Waals surface area contributed by atoms with Gasteiger partial charge in [-0.3, -0.25) is 14.5 Å². The van der Waals surface area contributed by atoms with Gasteiger partial charge in [0.25, 0.3) is 0 Å². The highest BCUT2D eigenvalue weighted by Gasteiger charge is 2.32. The van der Waals surface area contributed by atoms with E-state index in [4.69, 9.17) is 4.74 Å². The summed E-state index contributed by atoms with van der Waals surface area (Å²) in [5.74, 6) is 0.443. The number of halogens is 3. The number of nitrogens with zero attached hydrogens (tertiary/aromatic N) is 4. The molecule has 2 fully saturated rings. The summed E-state index contributed by atoms with van der Waals surface area (Å²) < 4.78 is 44.4. The van der Waals surface area contributed by atoms with E-state index in [-0.39, 0.29) is 30.3 Å². The summed E-state index contributed by atoms with van der Waals surface area (Å²) >= 11 is 0. The fraction of sp³-hybridized carbons (Fsp3) is 0.357. The Morgan fingerprint density at radius 1 is 0.949 bits per heavy atom. The second-order valence-electron chi connectivity index (χ2n) is 9.69. The summed E-state index contributed by atoms with van der Waals surface area (Å²) in [5, 5.41) is 10.8. The van der Waals surface area contributed by atoms with Gasteiger partial charge in [-0.25, -0.2) is 0 Å². The molecule has 5 rings (SSSR count). The summed E-state index contributed by atoms with van der Waals surface area (Å²) in [5.41, 5.74) is 1.17. The van der Waals surface area contributed by atoms with Gasteiger partial charge in [0.05, 0.1) is 36.0 Å². The Morgan fingerprint density at radius 2 is 1.64 bits per heavy atom. The maximum absolute atomic E-state index is 13.1. The van der Waals surface area contributed by atoms with Crippen LogP contribution in [0.25, 0.3) is 0 Å². The molecule has 0 bridgehead atoms. The topological polar surface area (TPSA) is 87.7 Å². The van der Waals surface area contributed by atoms with Crippen LogP contribution in [0, 0.1) is 5.92 Å². The molecule has 2 aromatic carbocycles. The highest BCUT2D eigenvalue weighted by atomic mass is 19.4. The fourth-order valence-electron chi connectivity index (χ4n) is 4.65. The van der Waals surface area contributed by atoms with Crippen LogP contribution in [-0.2, 0) is 22.2 Å². The van der Waals surface area contributed by atoms with Gasteiger partial charge in [0.1, 0.15) is 11.9 Å².